The second kappa shape index (κ2) is 9.91. The molecule has 0 unspecified atom stereocenters. The van der Waals surface area contributed by atoms with Crippen LogP contribution >= 0.6 is 0 Å². The summed E-state index contributed by atoms with van der Waals surface area (Å²) in [7, 11) is 0. The number of nitrogens with zero attached hydrogens (tertiary/aromatic N) is 2. The molecule has 3 rings (SSSR count). The van der Waals surface area contributed by atoms with Gasteiger partial charge in [0.15, 0.2) is 0 Å². The normalized spacial score (nSPS) is 13.2. The molecule has 1 aromatic heterocycles. The van der Waals surface area contributed by atoms with Crippen LogP contribution in [0.25, 0.3) is 22.0 Å². The van der Waals surface area contributed by atoms with E-state index in [0.717, 1.165) is 33.3 Å². The van der Waals surface area contributed by atoms with Gasteiger partial charge < -0.3 is 10.1 Å². The maximum absolute atomic E-state index is 10.5. The monoisotopic (exact) mass is 594 g/mol. The van der Waals surface area contributed by atoms with E-state index in [1.165, 1.54) is 0 Å². The predicted octanol–water partition coefficient (Wildman–Crippen LogP) is 7.17. The van der Waals surface area contributed by atoms with Crippen molar-refractivity contribution < 1.29 is 26.2 Å². The minimum atomic E-state index is -0.307. The van der Waals surface area contributed by atoms with Gasteiger partial charge in [-0.15, -0.1) is 35.4 Å². The van der Waals surface area contributed by atoms with Crippen molar-refractivity contribution in [2.45, 2.75) is 48.1 Å². The Morgan fingerprint density at radius 2 is 1.68 bits per heavy atom. The molecule has 0 bridgehead atoms. The summed E-state index contributed by atoms with van der Waals surface area (Å²) in [6.45, 7) is 12.8. The Bertz CT molecular complexity index is 1100. The van der Waals surface area contributed by atoms with E-state index >= 15 is 0 Å². The van der Waals surface area contributed by atoms with E-state index in [2.05, 4.69) is 44.0 Å². The van der Waals surface area contributed by atoms with Gasteiger partial charge >= 0.3 is 0 Å². The summed E-state index contributed by atoms with van der Waals surface area (Å²) < 4.78 is 0. The zero-order valence-electron chi connectivity index (χ0n) is 19.1. The van der Waals surface area contributed by atoms with Crippen LogP contribution in [-0.4, -0.2) is 15.8 Å². The van der Waals surface area contributed by atoms with Gasteiger partial charge in [-0.2, -0.15) is 0 Å². The third kappa shape index (κ3) is 6.37. The topological polar surface area (TPSA) is 45.5 Å². The third-order valence-corrected chi connectivity index (χ3v) is 5.01. The molecule has 2 aromatic carbocycles. The van der Waals surface area contributed by atoms with Crippen molar-refractivity contribution in [1.82, 2.24) is 4.98 Å². The van der Waals surface area contributed by atoms with Gasteiger partial charge in [-0.25, -0.2) is 0 Å². The zero-order chi connectivity index (χ0) is 21.9. The van der Waals surface area contributed by atoms with Gasteiger partial charge in [-0.3, -0.25) is 4.99 Å². The maximum atomic E-state index is 10.5. The minimum absolute atomic E-state index is 0. The van der Waals surface area contributed by atoms with Crippen molar-refractivity contribution in [2.75, 3.05) is 0 Å². The Morgan fingerprint density at radius 1 is 0.968 bits per heavy atom. The quantitative estimate of drug-likeness (QED) is 0.198. The van der Waals surface area contributed by atoms with Crippen LogP contribution in [0, 0.1) is 16.9 Å². The average molecular weight is 595 g/mol. The zero-order valence-corrected chi connectivity index (χ0v) is 21.4. The van der Waals surface area contributed by atoms with Gasteiger partial charge in [0.25, 0.3) is 0 Å². The van der Waals surface area contributed by atoms with Gasteiger partial charge in [0.1, 0.15) is 0 Å². The molecule has 0 atom stereocenters. The summed E-state index contributed by atoms with van der Waals surface area (Å²) in [6.07, 6.45) is 3.66. The summed E-state index contributed by atoms with van der Waals surface area (Å²) in [5, 5.41) is 12.8. The SMILES string of the molecule is CC(C)(C)C(/C=C(\O)C(C)(C)C)=NCc1[c-]c(-c2nccc3ccccc23)ccc1.[Pt]. The standard InChI is InChI=1S/C27H31N2O.Pt/c1-26(2,3)23(17-24(30)27(4,5)6)29-18-19-10-9-12-21(16-19)25-22-13-8-7-11-20(22)14-15-28-25;/h7-15,17,30H,18H2,1-6H3;/q-1;/b24-17-,29-23?;. The van der Waals surface area contributed by atoms with E-state index in [4.69, 9.17) is 4.99 Å². The molecule has 1 N–H and O–H groups in total. The Kier molecular flexibility index (Phi) is 8.00. The number of rotatable bonds is 4. The molecule has 0 aliphatic carbocycles. The molecule has 0 aliphatic heterocycles. The van der Waals surface area contributed by atoms with E-state index in [1.54, 1.807) is 0 Å². The summed E-state index contributed by atoms with van der Waals surface area (Å²) in [5.41, 5.74) is 3.28. The van der Waals surface area contributed by atoms with Gasteiger partial charge in [0.05, 0.1) is 5.76 Å². The average Bonchev–Trinajstić information content (AvgIpc) is 2.69. The first-order valence-electron chi connectivity index (χ1n) is 10.4. The van der Waals surface area contributed by atoms with Crippen molar-refractivity contribution in [2.24, 2.45) is 15.8 Å². The Morgan fingerprint density at radius 3 is 2.35 bits per heavy atom. The smallest absolute Gasteiger partial charge is 0.0994 e. The van der Waals surface area contributed by atoms with Crippen LogP contribution in [0.15, 0.2) is 71.6 Å². The van der Waals surface area contributed by atoms with Crippen LogP contribution in [0.3, 0.4) is 0 Å². The number of benzene rings is 2. The van der Waals surface area contributed by atoms with Crippen LogP contribution in [0.4, 0.5) is 0 Å². The molecular weight excluding hydrogens is 563 g/mol. The van der Waals surface area contributed by atoms with E-state index in [9.17, 15) is 5.11 Å². The van der Waals surface area contributed by atoms with E-state index in [1.807, 2.05) is 69.4 Å². The fraction of sp³-hybridized carbons (Fsp3) is 0.333. The van der Waals surface area contributed by atoms with Gasteiger partial charge in [-0.05, 0) is 28.6 Å². The van der Waals surface area contributed by atoms with Crippen molar-refractivity contribution >= 4 is 16.5 Å². The third-order valence-electron chi connectivity index (χ3n) is 5.01. The fourth-order valence-electron chi connectivity index (χ4n) is 3.10. The van der Waals surface area contributed by atoms with Gasteiger partial charge in [0, 0.05) is 50.3 Å². The maximum Gasteiger partial charge on any atom is 0.0994 e. The fourth-order valence-corrected chi connectivity index (χ4v) is 3.10. The van der Waals surface area contributed by atoms with E-state index in [-0.39, 0.29) is 31.9 Å². The number of pyridine rings is 1. The first kappa shape index (κ1) is 25.0. The van der Waals surface area contributed by atoms with Crippen molar-refractivity contribution in [3.63, 3.8) is 0 Å². The summed E-state index contributed by atoms with van der Waals surface area (Å²) >= 11 is 0. The van der Waals surface area contributed by atoms with Crippen LogP contribution in [0.1, 0.15) is 47.1 Å². The number of aliphatic hydroxyl groups excluding tert-OH is 1. The van der Waals surface area contributed by atoms with Crippen molar-refractivity contribution in [3.05, 3.63) is 78.2 Å². The number of fused-ring (bicyclic) bond motifs is 1. The molecular formula is C27H31N2OPt-. The first-order valence-corrected chi connectivity index (χ1v) is 10.4. The Hall–Kier alpha value is -2.25. The van der Waals surface area contributed by atoms with Crippen LogP contribution in [0.5, 0.6) is 0 Å². The molecule has 0 aliphatic rings. The molecule has 166 valence electrons. The second-order valence-electron chi connectivity index (χ2n) is 9.70. The van der Waals surface area contributed by atoms with Crippen molar-refractivity contribution in [1.29, 1.82) is 0 Å². The van der Waals surface area contributed by atoms with Crippen LogP contribution in [0.2, 0.25) is 0 Å². The van der Waals surface area contributed by atoms with Crippen molar-refractivity contribution in [3.8, 4) is 11.3 Å². The second-order valence-corrected chi connectivity index (χ2v) is 9.70. The number of allylic oxidation sites excluding steroid dienone is 2. The molecule has 3 aromatic rings. The molecule has 3 nitrogen and oxygen atoms in total. The summed E-state index contributed by atoms with van der Waals surface area (Å²) in [6, 6.07) is 19.9. The molecule has 0 saturated heterocycles. The Balaban J connectivity index is 0.00000341. The number of aliphatic hydroxyl groups is 1. The molecule has 0 spiro atoms. The van der Waals surface area contributed by atoms with Gasteiger partial charge in [-0.1, -0.05) is 65.8 Å². The van der Waals surface area contributed by atoms with Crippen LogP contribution in [-0.2, 0) is 27.6 Å². The molecule has 1 heterocycles. The molecule has 0 fully saturated rings. The van der Waals surface area contributed by atoms with E-state index in [0.29, 0.717) is 12.3 Å². The van der Waals surface area contributed by atoms with Crippen LogP contribution < -0.4 is 0 Å². The van der Waals surface area contributed by atoms with E-state index < -0.39 is 0 Å². The molecule has 0 saturated carbocycles. The molecule has 0 amide bonds. The minimum Gasteiger partial charge on any atom is -0.512 e. The molecule has 31 heavy (non-hydrogen) atoms. The summed E-state index contributed by atoms with van der Waals surface area (Å²) in [5.74, 6) is 0.342. The number of aliphatic imine (C=N–C) groups is 1. The number of hydrogen-bond donors (Lipinski definition) is 1. The molecule has 0 radical (unpaired) electrons. The molecule has 4 heteroatoms. The largest absolute Gasteiger partial charge is 0.512 e. The summed E-state index contributed by atoms with van der Waals surface area (Å²) in [4.78, 5) is 9.45. The Labute approximate surface area is 200 Å². The first-order chi connectivity index (χ1) is 14.1. The number of aromatic nitrogens is 1. The predicted molar refractivity (Wildman–Crippen MR) is 127 cm³/mol. The van der Waals surface area contributed by atoms with Gasteiger partial charge in [0.2, 0.25) is 0 Å². The number of hydrogen-bond acceptors (Lipinski definition) is 3.